The Morgan fingerprint density at radius 2 is 2.04 bits per heavy atom. The Morgan fingerprint density at radius 3 is 2.74 bits per heavy atom. The Hall–Kier alpha value is -1.88. The highest BCUT2D eigenvalue weighted by molar-refractivity contribution is 9.10. The number of nitrogens with one attached hydrogen (secondary N) is 2. The van der Waals surface area contributed by atoms with Crippen LogP contribution in [0.25, 0.3) is 0 Å². The molecule has 0 amide bonds. The van der Waals surface area contributed by atoms with Crippen LogP contribution in [0.1, 0.15) is 36.7 Å². The number of aryl methyl sites for hydroxylation is 1. The van der Waals surface area contributed by atoms with Gasteiger partial charge in [0, 0.05) is 17.2 Å². The van der Waals surface area contributed by atoms with Crippen molar-refractivity contribution in [1.82, 2.24) is 15.6 Å². The molecule has 122 valence electrons. The Balaban J connectivity index is 2.10. The van der Waals surface area contributed by atoms with Crippen LogP contribution in [-0.4, -0.2) is 17.5 Å². The molecule has 1 atom stereocenters. The van der Waals surface area contributed by atoms with Crippen LogP contribution in [0.15, 0.2) is 52.1 Å². The molecule has 0 bridgehead atoms. The summed E-state index contributed by atoms with van der Waals surface area (Å²) in [6, 6.07) is 12.4. The minimum atomic E-state index is 0.146. The van der Waals surface area contributed by atoms with Crippen molar-refractivity contribution in [3.05, 3.63) is 63.9 Å². The van der Waals surface area contributed by atoms with Crippen molar-refractivity contribution in [2.45, 2.75) is 33.4 Å². The number of hydrogen-bond donors (Lipinski definition) is 2. The van der Waals surface area contributed by atoms with Crippen molar-refractivity contribution in [3.8, 4) is 0 Å². The monoisotopic (exact) mass is 374 g/mol. The van der Waals surface area contributed by atoms with E-state index in [4.69, 9.17) is 0 Å². The van der Waals surface area contributed by atoms with E-state index in [-0.39, 0.29) is 6.04 Å². The summed E-state index contributed by atoms with van der Waals surface area (Å²) in [7, 11) is 0. The van der Waals surface area contributed by atoms with Gasteiger partial charge in [0.25, 0.3) is 0 Å². The SMILES string of the molecule is CCNC(=NCc1ncccc1C)NC(C)c1ccccc1Br. The first-order chi connectivity index (χ1) is 11.1. The zero-order valence-corrected chi connectivity index (χ0v) is 15.4. The molecule has 2 rings (SSSR count). The molecule has 0 spiro atoms. The Morgan fingerprint density at radius 1 is 1.26 bits per heavy atom. The lowest BCUT2D eigenvalue weighted by Gasteiger charge is -2.19. The number of guanidine groups is 1. The van der Waals surface area contributed by atoms with Gasteiger partial charge in [-0.1, -0.05) is 40.2 Å². The van der Waals surface area contributed by atoms with E-state index in [0.717, 1.165) is 28.2 Å². The molecule has 0 aliphatic rings. The highest BCUT2D eigenvalue weighted by atomic mass is 79.9. The number of nitrogens with zero attached hydrogens (tertiary/aromatic N) is 2. The number of aromatic nitrogens is 1. The van der Waals surface area contributed by atoms with Gasteiger partial charge in [-0.05, 0) is 44.0 Å². The second kappa shape index (κ2) is 8.67. The van der Waals surface area contributed by atoms with Crippen LogP contribution in [0.4, 0.5) is 0 Å². The lowest BCUT2D eigenvalue weighted by molar-refractivity contribution is 0.683. The predicted octanol–water partition coefficient (Wildman–Crippen LogP) is 3.97. The second-order valence-electron chi connectivity index (χ2n) is 5.35. The number of pyridine rings is 1. The fraction of sp³-hybridized carbons (Fsp3) is 0.333. The minimum Gasteiger partial charge on any atom is -0.357 e. The third-order valence-electron chi connectivity index (χ3n) is 3.57. The van der Waals surface area contributed by atoms with E-state index in [1.165, 1.54) is 5.56 Å². The van der Waals surface area contributed by atoms with Crippen molar-refractivity contribution in [2.24, 2.45) is 4.99 Å². The van der Waals surface area contributed by atoms with Crippen LogP contribution in [0.2, 0.25) is 0 Å². The molecule has 0 fully saturated rings. The van der Waals surface area contributed by atoms with Gasteiger partial charge < -0.3 is 10.6 Å². The average Bonchev–Trinajstić information content (AvgIpc) is 2.54. The van der Waals surface area contributed by atoms with E-state index in [9.17, 15) is 0 Å². The molecule has 23 heavy (non-hydrogen) atoms. The van der Waals surface area contributed by atoms with Gasteiger partial charge in [0.2, 0.25) is 0 Å². The largest absolute Gasteiger partial charge is 0.357 e. The van der Waals surface area contributed by atoms with Gasteiger partial charge in [0.15, 0.2) is 5.96 Å². The summed E-state index contributed by atoms with van der Waals surface area (Å²) in [6.45, 7) is 7.62. The molecule has 2 aromatic rings. The third kappa shape index (κ3) is 5.06. The summed E-state index contributed by atoms with van der Waals surface area (Å²) in [5, 5.41) is 6.73. The fourth-order valence-electron chi connectivity index (χ4n) is 2.27. The van der Waals surface area contributed by atoms with E-state index in [1.807, 2.05) is 24.4 Å². The molecule has 1 heterocycles. The third-order valence-corrected chi connectivity index (χ3v) is 4.30. The Bertz CT molecular complexity index is 670. The van der Waals surface area contributed by atoms with Crippen LogP contribution < -0.4 is 10.6 Å². The summed E-state index contributed by atoms with van der Waals surface area (Å²) < 4.78 is 1.09. The van der Waals surface area contributed by atoms with Crippen LogP contribution in [0.3, 0.4) is 0 Å². The van der Waals surface area contributed by atoms with Crippen molar-refractivity contribution in [1.29, 1.82) is 0 Å². The van der Waals surface area contributed by atoms with Gasteiger partial charge in [0.1, 0.15) is 0 Å². The van der Waals surface area contributed by atoms with Gasteiger partial charge in [-0.25, -0.2) is 4.99 Å². The molecular weight excluding hydrogens is 352 g/mol. The maximum Gasteiger partial charge on any atom is 0.192 e. The lowest BCUT2D eigenvalue weighted by Crippen LogP contribution is -2.38. The molecule has 0 radical (unpaired) electrons. The normalized spacial score (nSPS) is 12.8. The van der Waals surface area contributed by atoms with Crippen LogP contribution >= 0.6 is 15.9 Å². The first-order valence-corrected chi connectivity index (χ1v) is 8.61. The summed E-state index contributed by atoms with van der Waals surface area (Å²) in [5.41, 5.74) is 3.36. The van der Waals surface area contributed by atoms with E-state index >= 15 is 0 Å². The molecule has 1 aromatic carbocycles. The molecule has 0 saturated heterocycles. The molecule has 0 saturated carbocycles. The number of aliphatic imine (C=N–C) groups is 1. The van der Waals surface area contributed by atoms with Gasteiger partial charge in [0.05, 0.1) is 18.3 Å². The second-order valence-corrected chi connectivity index (χ2v) is 6.20. The predicted molar refractivity (Wildman–Crippen MR) is 99.5 cm³/mol. The Labute approximate surface area is 146 Å². The smallest absolute Gasteiger partial charge is 0.192 e. The lowest BCUT2D eigenvalue weighted by atomic mass is 10.1. The van der Waals surface area contributed by atoms with Crippen LogP contribution in [0, 0.1) is 6.92 Å². The molecular formula is C18H23BrN4. The average molecular weight is 375 g/mol. The summed E-state index contributed by atoms with van der Waals surface area (Å²) in [5.74, 6) is 0.792. The first kappa shape index (κ1) is 17.5. The standard InChI is InChI=1S/C18H23BrN4/c1-4-20-18(22-12-17-13(2)8-7-11-21-17)23-14(3)15-9-5-6-10-16(15)19/h5-11,14H,4,12H2,1-3H3,(H2,20,22,23). The fourth-order valence-corrected chi connectivity index (χ4v) is 2.90. The summed E-state index contributed by atoms with van der Waals surface area (Å²) in [4.78, 5) is 9.05. The molecule has 0 aliphatic carbocycles. The van der Waals surface area contributed by atoms with Crippen molar-refractivity contribution in [3.63, 3.8) is 0 Å². The van der Waals surface area contributed by atoms with Gasteiger partial charge in [-0.2, -0.15) is 0 Å². The van der Waals surface area contributed by atoms with E-state index < -0.39 is 0 Å². The number of rotatable bonds is 5. The van der Waals surface area contributed by atoms with E-state index in [1.54, 1.807) is 0 Å². The molecule has 0 aliphatic heterocycles. The van der Waals surface area contributed by atoms with Crippen LogP contribution in [0.5, 0.6) is 0 Å². The van der Waals surface area contributed by atoms with Crippen molar-refractivity contribution in [2.75, 3.05) is 6.54 Å². The quantitative estimate of drug-likeness (QED) is 0.614. The zero-order chi connectivity index (χ0) is 16.7. The van der Waals surface area contributed by atoms with E-state index in [0.29, 0.717) is 6.54 Å². The molecule has 4 nitrogen and oxygen atoms in total. The highest BCUT2D eigenvalue weighted by Crippen LogP contribution is 2.22. The maximum atomic E-state index is 4.66. The zero-order valence-electron chi connectivity index (χ0n) is 13.8. The van der Waals surface area contributed by atoms with Gasteiger partial charge >= 0.3 is 0 Å². The molecule has 1 aromatic heterocycles. The molecule has 1 unspecified atom stereocenters. The number of halogens is 1. The number of benzene rings is 1. The summed E-state index contributed by atoms with van der Waals surface area (Å²) >= 11 is 3.60. The number of hydrogen-bond acceptors (Lipinski definition) is 2. The van der Waals surface area contributed by atoms with Crippen molar-refractivity contribution < 1.29 is 0 Å². The molecule has 2 N–H and O–H groups in total. The van der Waals surface area contributed by atoms with Crippen molar-refractivity contribution >= 4 is 21.9 Å². The summed E-state index contributed by atoms with van der Waals surface area (Å²) in [6.07, 6.45) is 1.81. The van der Waals surface area contributed by atoms with Gasteiger partial charge in [-0.3, -0.25) is 4.98 Å². The minimum absolute atomic E-state index is 0.146. The topological polar surface area (TPSA) is 49.3 Å². The molecule has 5 heteroatoms. The maximum absolute atomic E-state index is 4.66. The van der Waals surface area contributed by atoms with E-state index in [2.05, 4.69) is 75.5 Å². The highest BCUT2D eigenvalue weighted by Gasteiger charge is 2.10. The van der Waals surface area contributed by atoms with Gasteiger partial charge in [-0.15, -0.1) is 0 Å². The Kier molecular flexibility index (Phi) is 6.59. The van der Waals surface area contributed by atoms with Crippen LogP contribution in [-0.2, 0) is 6.54 Å². The first-order valence-electron chi connectivity index (χ1n) is 7.81.